The summed E-state index contributed by atoms with van der Waals surface area (Å²) in [7, 11) is 0. The predicted octanol–water partition coefficient (Wildman–Crippen LogP) is 5.82. The van der Waals surface area contributed by atoms with Crippen molar-refractivity contribution in [2.24, 2.45) is 0 Å². The molecule has 0 bridgehead atoms. The number of rotatable bonds is 11. The Morgan fingerprint density at radius 1 is 0.818 bits per heavy atom. The van der Waals surface area contributed by atoms with Crippen molar-refractivity contribution in [2.45, 2.75) is 33.1 Å². The Labute approximate surface area is 196 Å². The van der Waals surface area contributed by atoms with Gasteiger partial charge in [0.2, 0.25) is 0 Å². The zero-order chi connectivity index (χ0) is 23.5. The van der Waals surface area contributed by atoms with Crippen LogP contribution in [-0.2, 0) is 6.42 Å². The van der Waals surface area contributed by atoms with Gasteiger partial charge in [-0.15, -0.1) is 0 Å². The van der Waals surface area contributed by atoms with Gasteiger partial charge >= 0.3 is 0 Å². The average Bonchev–Trinajstić information content (AvgIpc) is 2.84. The third-order valence-electron chi connectivity index (χ3n) is 5.24. The number of ether oxygens (including phenoxy) is 1. The van der Waals surface area contributed by atoms with Gasteiger partial charge in [0.25, 0.3) is 11.8 Å². The number of carbonyl (C=O) groups excluding carboxylic acids is 2. The molecule has 0 aliphatic rings. The molecule has 172 valence electrons. The maximum atomic E-state index is 12.9. The van der Waals surface area contributed by atoms with E-state index in [9.17, 15) is 9.59 Å². The van der Waals surface area contributed by atoms with Crippen LogP contribution in [0.25, 0.3) is 0 Å². The Hall–Kier alpha value is -3.60. The lowest BCUT2D eigenvalue weighted by Gasteiger charge is -2.21. The fraction of sp³-hybridized carbons (Fsp3) is 0.286. The van der Waals surface area contributed by atoms with Crippen LogP contribution in [0.1, 0.15) is 53.0 Å². The largest absolute Gasteiger partial charge is 0.493 e. The standard InChI is InChI=1S/C28H32N2O3/c1-3-17-30(18-4-2)28(32)24-13-8-14-25(20-24)29-27(31)23-12-9-15-26(21-23)33-19-16-22-10-6-5-7-11-22/h5-15,20-21H,3-4,16-19H2,1-2H3,(H,29,31). The molecule has 0 spiro atoms. The molecule has 3 aromatic carbocycles. The summed E-state index contributed by atoms with van der Waals surface area (Å²) in [5.41, 5.74) is 2.88. The second kappa shape index (κ2) is 12.4. The molecule has 0 atom stereocenters. The fourth-order valence-corrected chi connectivity index (χ4v) is 3.63. The van der Waals surface area contributed by atoms with E-state index >= 15 is 0 Å². The van der Waals surface area contributed by atoms with E-state index in [2.05, 4.69) is 31.3 Å². The van der Waals surface area contributed by atoms with Crippen molar-refractivity contribution in [3.05, 3.63) is 95.6 Å². The number of hydrogen-bond acceptors (Lipinski definition) is 3. The van der Waals surface area contributed by atoms with E-state index < -0.39 is 0 Å². The summed E-state index contributed by atoms with van der Waals surface area (Å²) in [4.78, 5) is 27.6. The normalized spacial score (nSPS) is 10.5. The zero-order valence-corrected chi connectivity index (χ0v) is 19.4. The first kappa shape index (κ1) is 24.1. The maximum absolute atomic E-state index is 12.9. The first-order valence-corrected chi connectivity index (χ1v) is 11.6. The molecule has 1 N–H and O–H groups in total. The molecular weight excluding hydrogens is 412 g/mol. The molecule has 2 amide bonds. The molecule has 33 heavy (non-hydrogen) atoms. The highest BCUT2D eigenvalue weighted by Gasteiger charge is 2.15. The number of benzene rings is 3. The van der Waals surface area contributed by atoms with Crippen molar-refractivity contribution < 1.29 is 14.3 Å². The van der Waals surface area contributed by atoms with Crippen molar-refractivity contribution >= 4 is 17.5 Å². The van der Waals surface area contributed by atoms with Crippen LogP contribution in [0.3, 0.4) is 0 Å². The molecule has 0 aliphatic carbocycles. The van der Waals surface area contributed by atoms with E-state index in [0.717, 1.165) is 32.4 Å². The van der Waals surface area contributed by atoms with Gasteiger partial charge in [-0.1, -0.05) is 56.3 Å². The third-order valence-corrected chi connectivity index (χ3v) is 5.24. The fourth-order valence-electron chi connectivity index (χ4n) is 3.63. The second-order valence-electron chi connectivity index (χ2n) is 7.94. The van der Waals surface area contributed by atoms with Gasteiger partial charge in [0.1, 0.15) is 5.75 Å². The molecule has 0 saturated heterocycles. The minimum atomic E-state index is -0.243. The van der Waals surface area contributed by atoms with Crippen LogP contribution in [0.4, 0.5) is 5.69 Å². The van der Waals surface area contributed by atoms with Gasteiger partial charge in [0, 0.05) is 36.3 Å². The van der Waals surface area contributed by atoms with Crippen LogP contribution < -0.4 is 10.1 Å². The van der Waals surface area contributed by atoms with Crippen molar-refractivity contribution in [3.63, 3.8) is 0 Å². The molecule has 0 aromatic heterocycles. The van der Waals surface area contributed by atoms with Crippen LogP contribution in [-0.4, -0.2) is 36.4 Å². The van der Waals surface area contributed by atoms with Crippen LogP contribution in [0, 0.1) is 0 Å². The summed E-state index contributed by atoms with van der Waals surface area (Å²) >= 11 is 0. The quantitative estimate of drug-likeness (QED) is 0.405. The number of hydrogen-bond donors (Lipinski definition) is 1. The topological polar surface area (TPSA) is 58.6 Å². The molecule has 3 rings (SSSR count). The molecule has 5 nitrogen and oxygen atoms in total. The van der Waals surface area contributed by atoms with Crippen molar-refractivity contribution in [1.82, 2.24) is 4.90 Å². The number of nitrogens with one attached hydrogen (secondary N) is 1. The summed E-state index contributed by atoms with van der Waals surface area (Å²) in [6, 6.07) is 24.4. The second-order valence-corrected chi connectivity index (χ2v) is 7.94. The van der Waals surface area contributed by atoms with Gasteiger partial charge in [-0.2, -0.15) is 0 Å². The SMILES string of the molecule is CCCN(CCC)C(=O)c1cccc(NC(=O)c2cccc(OCCc3ccccc3)c2)c1. The number of nitrogens with zero attached hydrogens (tertiary/aromatic N) is 1. The summed E-state index contributed by atoms with van der Waals surface area (Å²) in [6.45, 7) is 6.10. The lowest BCUT2D eigenvalue weighted by molar-refractivity contribution is 0.0755. The molecule has 5 heteroatoms. The number of amides is 2. The maximum Gasteiger partial charge on any atom is 0.255 e. The highest BCUT2D eigenvalue weighted by molar-refractivity contribution is 6.05. The Bertz CT molecular complexity index is 1040. The molecule has 3 aromatic rings. The smallest absolute Gasteiger partial charge is 0.255 e. The molecular formula is C28H32N2O3. The Morgan fingerprint density at radius 2 is 1.52 bits per heavy atom. The van der Waals surface area contributed by atoms with E-state index in [1.54, 1.807) is 42.5 Å². The molecule has 0 unspecified atom stereocenters. The average molecular weight is 445 g/mol. The van der Waals surface area contributed by atoms with Gasteiger partial charge in [-0.05, 0) is 54.8 Å². The van der Waals surface area contributed by atoms with Crippen LogP contribution in [0.5, 0.6) is 5.75 Å². The minimum Gasteiger partial charge on any atom is -0.493 e. The van der Waals surface area contributed by atoms with Crippen molar-refractivity contribution in [3.8, 4) is 5.75 Å². The third kappa shape index (κ3) is 7.21. The van der Waals surface area contributed by atoms with Gasteiger partial charge in [-0.3, -0.25) is 9.59 Å². The molecule has 0 heterocycles. The molecule has 0 aliphatic heterocycles. The van der Waals surface area contributed by atoms with E-state index in [4.69, 9.17) is 4.74 Å². The summed E-state index contributed by atoms with van der Waals surface area (Å²) < 4.78 is 5.84. The molecule has 0 fully saturated rings. The Kier molecular flexibility index (Phi) is 9.07. The minimum absolute atomic E-state index is 0.0105. The predicted molar refractivity (Wildman–Crippen MR) is 133 cm³/mol. The van der Waals surface area contributed by atoms with Gasteiger partial charge in [-0.25, -0.2) is 0 Å². The highest BCUT2D eigenvalue weighted by atomic mass is 16.5. The summed E-state index contributed by atoms with van der Waals surface area (Å²) in [5, 5.41) is 2.90. The Balaban J connectivity index is 1.62. The van der Waals surface area contributed by atoms with Crippen LogP contribution >= 0.6 is 0 Å². The number of anilines is 1. The summed E-state index contributed by atoms with van der Waals surface area (Å²) in [5.74, 6) is 0.396. The van der Waals surface area contributed by atoms with Crippen molar-refractivity contribution in [1.29, 1.82) is 0 Å². The monoisotopic (exact) mass is 444 g/mol. The van der Waals surface area contributed by atoms with E-state index in [0.29, 0.717) is 29.2 Å². The first-order chi connectivity index (χ1) is 16.1. The van der Waals surface area contributed by atoms with Gasteiger partial charge in [0.05, 0.1) is 6.61 Å². The van der Waals surface area contributed by atoms with Gasteiger partial charge in [0.15, 0.2) is 0 Å². The number of carbonyl (C=O) groups is 2. The van der Waals surface area contributed by atoms with Gasteiger partial charge < -0.3 is 15.0 Å². The Morgan fingerprint density at radius 3 is 2.24 bits per heavy atom. The van der Waals surface area contributed by atoms with Crippen molar-refractivity contribution in [2.75, 3.05) is 25.0 Å². The van der Waals surface area contributed by atoms with Crippen LogP contribution in [0.15, 0.2) is 78.9 Å². The summed E-state index contributed by atoms with van der Waals surface area (Å²) in [6.07, 6.45) is 2.61. The lowest BCUT2D eigenvalue weighted by Crippen LogP contribution is -2.32. The van der Waals surface area contributed by atoms with E-state index in [1.807, 2.05) is 29.2 Å². The molecule has 0 saturated carbocycles. The van der Waals surface area contributed by atoms with Crippen LogP contribution in [0.2, 0.25) is 0 Å². The van der Waals surface area contributed by atoms with E-state index in [-0.39, 0.29) is 11.8 Å². The molecule has 0 radical (unpaired) electrons. The lowest BCUT2D eigenvalue weighted by atomic mass is 10.1. The highest BCUT2D eigenvalue weighted by Crippen LogP contribution is 2.18. The zero-order valence-electron chi connectivity index (χ0n) is 19.4. The van der Waals surface area contributed by atoms with E-state index in [1.165, 1.54) is 5.56 Å². The first-order valence-electron chi connectivity index (χ1n) is 11.6.